The predicted molar refractivity (Wildman–Crippen MR) is 103 cm³/mol. The molecule has 1 atom stereocenters. The zero-order valence-corrected chi connectivity index (χ0v) is 15.6. The van der Waals surface area contributed by atoms with Crippen LogP contribution in [0.4, 0.5) is 4.39 Å². The molecule has 0 saturated carbocycles. The summed E-state index contributed by atoms with van der Waals surface area (Å²) in [5, 5.41) is 8.95. The molecule has 0 spiro atoms. The molecular weight excluding hydrogens is 361 g/mol. The van der Waals surface area contributed by atoms with E-state index < -0.39 is 5.97 Å². The van der Waals surface area contributed by atoms with E-state index in [1.807, 2.05) is 6.07 Å². The Balaban J connectivity index is 1.67. The van der Waals surface area contributed by atoms with Gasteiger partial charge in [0.2, 0.25) is 0 Å². The lowest BCUT2D eigenvalue weighted by Crippen LogP contribution is -2.44. The molecule has 1 unspecified atom stereocenters. The van der Waals surface area contributed by atoms with E-state index in [4.69, 9.17) is 9.84 Å². The lowest BCUT2D eigenvalue weighted by molar-refractivity contribution is -0.137. The first-order valence-electron chi connectivity index (χ1n) is 9.53. The second-order valence-electron chi connectivity index (χ2n) is 7.03. The van der Waals surface area contributed by atoms with Crippen LogP contribution in [0.3, 0.4) is 0 Å². The average Bonchev–Trinajstić information content (AvgIpc) is 2.71. The van der Waals surface area contributed by atoms with Crippen molar-refractivity contribution in [2.45, 2.75) is 44.8 Å². The van der Waals surface area contributed by atoms with Crippen molar-refractivity contribution in [2.24, 2.45) is 0 Å². The second kappa shape index (κ2) is 9.35. The number of aliphatic carboxylic acids is 1. The van der Waals surface area contributed by atoms with Crippen LogP contribution in [0.5, 0.6) is 5.75 Å². The Morgan fingerprint density at radius 3 is 2.75 bits per heavy atom. The summed E-state index contributed by atoms with van der Waals surface area (Å²) < 4.78 is 18.9. The molecule has 0 radical (unpaired) electrons. The SMILES string of the molecule is O=C(O)CCC1CCCCN1C(=O)c1cccc(COc2cccc(F)c2)c1. The molecule has 1 N–H and O–H groups in total. The molecule has 0 aromatic heterocycles. The number of halogens is 1. The Hall–Kier alpha value is -2.89. The molecule has 148 valence electrons. The maximum absolute atomic E-state index is 13.3. The standard InChI is InChI=1S/C22H24FNO4/c23-18-7-4-9-20(14-18)28-15-16-5-3-6-17(13-16)22(27)24-12-2-1-8-19(24)10-11-21(25)26/h3-7,9,13-14,19H,1-2,8,10-12,15H2,(H,25,26). The Morgan fingerprint density at radius 2 is 1.96 bits per heavy atom. The Labute approximate surface area is 163 Å². The van der Waals surface area contributed by atoms with Crippen molar-refractivity contribution in [3.8, 4) is 5.75 Å². The first-order chi connectivity index (χ1) is 13.5. The van der Waals surface area contributed by atoms with Crippen LogP contribution in [0.15, 0.2) is 48.5 Å². The number of hydrogen-bond donors (Lipinski definition) is 1. The molecule has 2 aromatic carbocycles. The Morgan fingerprint density at radius 1 is 1.14 bits per heavy atom. The van der Waals surface area contributed by atoms with Gasteiger partial charge in [0, 0.05) is 30.6 Å². The van der Waals surface area contributed by atoms with Gasteiger partial charge in [-0.15, -0.1) is 0 Å². The van der Waals surface area contributed by atoms with Gasteiger partial charge in [0.15, 0.2) is 0 Å². The maximum atomic E-state index is 13.3. The number of hydrogen-bond acceptors (Lipinski definition) is 3. The average molecular weight is 385 g/mol. The van der Waals surface area contributed by atoms with Crippen LogP contribution in [0.25, 0.3) is 0 Å². The van der Waals surface area contributed by atoms with Crippen molar-refractivity contribution < 1.29 is 23.8 Å². The van der Waals surface area contributed by atoms with Crippen molar-refractivity contribution in [1.29, 1.82) is 0 Å². The van der Waals surface area contributed by atoms with E-state index in [1.165, 1.54) is 12.1 Å². The first kappa shape index (κ1) is 19.9. The molecule has 1 aliphatic rings. The van der Waals surface area contributed by atoms with E-state index in [1.54, 1.807) is 35.2 Å². The molecule has 1 fully saturated rings. The number of carbonyl (C=O) groups excluding carboxylic acids is 1. The smallest absolute Gasteiger partial charge is 0.303 e. The van der Waals surface area contributed by atoms with Crippen LogP contribution >= 0.6 is 0 Å². The maximum Gasteiger partial charge on any atom is 0.303 e. The van der Waals surface area contributed by atoms with Crippen molar-refractivity contribution in [3.63, 3.8) is 0 Å². The monoisotopic (exact) mass is 385 g/mol. The highest BCUT2D eigenvalue weighted by Gasteiger charge is 2.27. The summed E-state index contributed by atoms with van der Waals surface area (Å²) in [4.78, 5) is 25.7. The number of piperidine rings is 1. The Kier molecular flexibility index (Phi) is 6.63. The fraction of sp³-hybridized carbons (Fsp3) is 0.364. The number of likely N-dealkylation sites (tertiary alicyclic amines) is 1. The summed E-state index contributed by atoms with van der Waals surface area (Å²) in [6.45, 7) is 0.875. The fourth-order valence-corrected chi connectivity index (χ4v) is 3.54. The summed E-state index contributed by atoms with van der Waals surface area (Å²) in [6.07, 6.45) is 3.31. The second-order valence-corrected chi connectivity index (χ2v) is 7.03. The third-order valence-electron chi connectivity index (χ3n) is 4.95. The van der Waals surface area contributed by atoms with Crippen LogP contribution in [0.2, 0.25) is 0 Å². The van der Waals surface area contributed by atoms with Gasteiger partial charge in [0.1, 0.15) is 18.2 Å². The topological polar surface area (TPSA) is 66.8 Å². The molecule has 3 rings (SSSR count). The summed E-state index contributed by atoms with van der Waals surface area (Å²) in [5.41, 5.74) is 1.37. The van der Waals surface area contributed by atoms with Crippen LogP contribution in [0.1, 0.15) is 48.0 Å². The minimum Gasteiger partial charge on any atom is -0.489 e. The summed E-state index contributed by atoms with van der Waals surface area (Å²) >= 11 is 0. The number of rotatable bonds is 7. The molecule has 2 aromatic rings. The third kappa shape index (κ3) is 5.31. The first-order valence-corrected chi connectivity index (χ1v) is 9.53. The van der Waals surface area contributed by atoms with E-state index in [9.17, 15) is 14.0 Å². The lowest BCUT2D eigenvalue weighted by Gasteiger charge is -2.35. The van der Waals surface area contributed by atoms with Gasteiger partial charge in [-0.2, -0.15) is 0 Å². The van der Waals surface area contributed by atoms with Gasteiger partial charge in [0.25, 0.3) is 5.91 Å². The number of amides is 1. The van der Waals surface area contributed by atoms with Gasteiger partial charge in [-0.25, -0.2) is 4.39 Å². The van der Waals surface area contributed by atoms with Gasteiger partial charge < -0.3 is 14.7 Å². The van der Waals surface area contributed by atoms with Crippen molar-refractivity contribution in [2.75, 3.05) is 6.54 Å². The minimum atomic E-state index is -0.838. The Bertz CT molecular complexity index is 839. The quantitative estimate of drug-likeness (QED) is 0.773. The zero-order valence-electron chi connectivity index (χ0n) is 15.6. The molecule has 1 heterocycles. The summed E-state index contributed by atoms with van der Waals surface area (Å²) in [7, 11) is 0. The van der Waals surface area contributed by atoms with Gasteiger partial charge in [-0.05, 0) is 55.5 Å². The summed E-state index contributed by atoms with van der Waals surface area (Å²) in [5.74, 6) is -0.849. The van der Waals surface area contributed by atoms with Gasteiger partial charge >= 0.3 is 5.97 Å². The van der Waals surface area contributed by atoms with E-state index in [0.29, 0.717) is 24.3 Å². The predicted octanol–water partition coefficient (Wildman–Crippen LogP) is 4.26. The molecule has 0 bridgehead atoms. The van der Waals surface area contributed by atoms with Crippen LogP contribution < -0.4 is 4.74 Å². The van der Waals surface area contributed by atoms with Crippen molar-refractivity contribution in [1.82, 2.24) is 4.90 Å². The number of carboxylic acids is 1. The van der Waals surface area contributed by atoms with Gasteiger partial charge in [-0.3, -0.25) is 9.59 Å². The largest absolute Gasteiger partial charge is 0.489 e. The van der Waals surface area contributed by atoms with Crippen molar-refractivity contribution >= 4 is 11.9 Å². The molecule has 1 aliphatic heterocycles. The van der Waals surface area contributed by atoms with E-state index in [0.717, 1.165) is 24.8 Å². The number of carbonyl (C=O) groups is 2. The van der Waals surface area contributed by atoms with E-state index in [2.05, 4.69) is 0 Å². The fourth-order valence-electron chi connectivity index (χ4n) is 3.54. The highest BCUT2D eigenvalue weighted by Crippen LogP contribution is 2.24. The number of ether oxygens (including phenoxy) is 1. The normalized spacial score (nSPS) is 16.6. The number of carboxylic acid groups (broad SMARTS) is 1. The van der Waals surface area contributed by atoms with Crippen LogP contribution in [0, 0.1) is 5.82 Å². The van der Waals surface area contributed by atoms with Gasteiger partial charge in [-0.1, -0.05) is 18.2 Å². The molecule has 0 aliphatic carbocycles. The molecule has 6 heteroatoms. The van der Waals surface area contributed by atoms with Crippen molar-refractivity contribution in [3.05, 3.63) is 65.5 Å². The van der Waals surface area contributed by atoms with Crippen LogP contribution in [-0.4, -0.2) is 34.5 Å². The molecule has 1 amide bonds. The van der Waals surface area contributed by atoms with Crippen LogP contribution in [-0.2, 0) is 11.4 Å². The highest BCUT2D eigenvalue weighted by atomic mass is 19.1. The number of benzene rings is 2. The lowest BCUT2D eigenvalue weighted by atomic mass is 9.96. The molecule has 28 heavy (non-hydrogen) atoms. The van der Waals surface area contributed by atoms with Gasteiger partial charge in [0.05, 0.1) is 0 Å². The summed E-state index contributed by atoms with van der Waals surface area (Å²) in [6, 6.07) is 13.1. The molecule has 5 nitrogen and oxygen atoms in total. The molecule has 1 saturated heterocycles. The number of nitrogens with zero attached hydrogens (tertiary/aromatic N) is 1. The molecular formula is C22H24FNO4. The van der Waals surface area contributed by atoms with E-state index in [-0.39, 0.29) is 30.8 Å². The third-order valence-corrected chi connectivity index (χ3v) is 4.95. The highest BCUT2D eigenvalue weighted by molar-refractivity contribution is 5.94. The van der Waals surface area contributed by atoms with E-state index >= 15 is 0 Å². The zero-order chi connectivity index (χ0) is 19.9. The minimum absolute atomic E-state index is 0.0375.